The number of benzene rings is 1. The fourth-order valence-corrected chi connectivity index (χ4v) is 3.88. The molecule has 0 bridgehead atoms. The first-order chi connectivity index (χ1) is 11.3. The molecule has 5 nitrogen and oxygen atoms in total. The van der Waals surface area contributed by atoms with Gasteiger partial charge in [-0.05, 0) is 43.5 Å². The number of hydrogen-bond donors (Lipinski definition) is 0. The van der Waals surface area contributed by atoms with Crippen molar-refractivity contribution in [1.82, 2.24) is 4.31 Å². The van der Waals surface area contributed by atoms with E-state index in [-0.39, 0.29) is 17.2 Å². The van der Waals surface area contributed by atoms with Crippen LogP contribution in [0.3, 0.4) is 0 Å². The van der Waals surface area contributed by atoms with Crippen molar-refractivity contribution in [1.29, 1.82) is 0 Å². The highest BCUT2D eigenvalue weighted by atomic mass is 32.2. The van der Waals surface area contributed by atoms with Crippen LogP contribution in [0.5, 0.6) is 0 Å². The molecule has 2 aromatic rings. The van der Waals surface area contributed by atoms with E-state index in [0.717, 1.165) is 12.2 Å². The van der Waals surface area contributed by atoms with Crippen LogP contribution in [0.25, 0.3) is 0 Å². The van der Waals surface area contributed by atoms with E-state index in [1.54, 1.807) is 0 Å². The van der Waals surface area contributed by atoms with Crippen LogP contribution in [0.1, 0.15) is 48.1 Å². The Balaban J connectivity index is 1.74. The normalized spacial score (nSPS) is 20.3. The van der Waals surface area contributed by atoms with Gasteiger partial charge in [0, 0.05) is 18.5 Å². The van der Waals surface area contributed by atoms with Crippen molar-refractivity contribution in [3.05, 3.63) is 53.5 Å². The first-order valence-corrected chi connectivity index (χ1v) is 9.39. The molecule has 2 atom stereocenters. The van der Waals surface area contributed by atoms with Crippen molar-refractivity contribution in [3.8, 4) is 0 Å². The minimum Gasteiger partial charge on any atom is -0.464 e. The Morgan fingerprint density at radius 2 is 1.83 bits per heavy atom. The van der Waals surface area contributed by atoms with E-state index < -0.39 is 10.0 Å². The van der Waals surface area contributed by atoms with Crippen molar-refractivity contribution >= 4 is 15.8 Å². The molecule has 6 heteroatoms. The van der Waals surface area contributed by atoms with Gasteiger partial charge in [-0.25, -0.2) is 8.42 Å². The first kappa shape index (κ1) is 16.9. The molecular weight excluding hydrogens is 326 g/mol. The van der Waals surface area contributed by atoms with Crippen LogP contribution in [-0.4, -0.2) is 25.6 Å². The number of furan rings is 1. The molecule has 1 aromatic heterocycles. The molecule has 1 aliphatic rings. The SMILES string of the molecule is CC(=O)c1ccc(S(=O)(=O)N(C)Cc2ccc([C@H]3C[C@H]3C)o2)cc1. The number of rotatable bonds is 6. The van der Waals surface area contributed by atoms with Gasteiger partial charge < -0.3 is 4.42 Å². The largest absolute Gasteiger partial charge is 0.464 e. The quantitative estimate of drug-likeness (QED) is 0.751. The van der Waals surface area contributed by atoms with Crippen LogP contribution >= 0.6 is 0 Å². The molecule has 0 N–H and O–H groups in total. The summed E-state index contributed by atoms with van der Waals surface area (Å²) < 4.78 is 32.3. The summed E-state index contributed by atoms with van der Waals surface area (Å²) in [6, 6.07) is 9.76. The third-order valence-electron chi connectivity index (χ3n) is 4.50. The molecule has 1 aromatic carbocycles. The summed E-state index contributed by atoms with van der Waals surface area (Å²) in [5.41, 5.74) is 0.492. The summed E-state index contributed by atoms with van der Waals surface area (Å²) in [7, 11) is -2.10. The highest BCUT2D eigenvalue weighted by Gasteiger charge is 2.36. The Morgan fingerprint density at radius 3 is 2.38 bits per heavy atom. The highest BCUT2D eigenvalue weighted by molar-refractivity contribution is 7.89. The minimum atomic E-state index is -3.62. The number of sulfonamides is 1. The van der Waals surface area contributed by atoms with Gasteiger partial charge in [0.15, 0.2) is 5.78 Å². The van der Waals surface area contributed by atoms with E-state index in [9.17, 15) is 13.2 Å². The van der Waals surface area contributed by atoms with Gasteiger partial charge in [0.25, 0.3) is 0 Å². The summed E-state index contributed by atoms with van der Waals surface area (Å²) in [6.45, 7) is 3.80. The van der Waals surface area contributed by atoms with Crippen molar-refractivity contribution < 1.29 is 17.6 Å². The fourth-order valence-electron chi connectivity index (χ4n) is 2.74. The zero-order chi connectivity index (χ0) is 17.5. The van der Waals surface area contributed by atoms with E-state index >= 15 is 0 Å². The molecule has 3 rings (SSSR count). The zero-order valence-electron chi connectivity index (χ0n) is 14.0. The molecule has 1 saturated carbocycles. The number of hydrogen-bond acceptors (Lipinski definition) is 4. The van der Waals surface area contributed by atoms with Gasteiger partial charge in [0.05, 0.1) is 11.4 Å². The molecule has 128 valence electrons. The van der Waals surface area contributed by atoms with Gasteiger partial charge >= 0.3 is 0 Å². The number of ketones is 1. The second-order valence-corrected chi connectivity index (χ2v) is 8.51. The van der Waals surface area contributed by atoms with E-state index in [4.69, 9.17) is 4.42 Å². The summed E-state index contributed by atoms with van der Waals surface area (Å²) in [5.74, 6) is 2.60. The lowest BCUT2D eigenvalue weighted by atomic mass is 10.2. The fraction of sp³-hybridized carbons (Fsp3) is 0.389. The summed E-state index contributed by atoms with van der Waals surface area (Å²) >= 11 is 0. The molecule has 0 saturated heterocycles. The van der Waals surface area contributed by atoms with Crippen molar-refractivity contribution in [3.63, 3.8) is 0 Å². The maximum absolute atomic E-state index is 12.6. The molecule has 0 amide bonds. The smallest absolute Gasteiger partial charge is 0.243 e. The van der Waals surface area contributed by atoms with Gasteiger partial charge in [-0.3, -0.25) is 4.79 Å². The van der Waals surface area contributed by atoms with E-state index in [1.807, 2.05) is 12.1 Å². The van der Waals surface area contributed by atoms with Crippen LogP contribution < -0.4 is 0 Å². The second kappa shape index (κ2) is 6.18. The maximum Gasteiger partial charge on any atom is 0.243 e. The minimum absolute atomic E-state index is 0.0929. The zero-order valence-corrected chi connectivity index (χ0v) is 14.8. The Hall–Kier alpha value is -1.92. The van der Waals surface area contributed by atoms with Gasteiger partial charge in [-0.2, -0.15) is 4.31 Å². The monoisotopic (exact) mass is 347 g/mol. The number of carbonyl (C=O) groups excluding carboxylic acids is 1. The molecule has 0 unspecified atom stereocenters. The standard InChI is InChI=1S/C18H21NO4S/c1-12-10-17(12)18-9-6-15(23-18)11-19(3)24(21,22)16-7-4-14(5-8-16)13(2)20/h4-9,12,17H,10-11H2,1-3H3/t12-,17+/m1/s1. The van der Waals surface area contributed by atoms with Gasteiger partial charge in [-0.1, -0.05) is 19.1 Å². The second-order valence-electron chi connectivity index (χ2n) is 6.47. The number of nitrogens with zero attached hydrogens (tertiary/aromatic N) is 1. The first-order valence-electron chi connectivity index (χ1n) is 7.95. The third kappa shape index (κ3) is 3.30. The lowest BCUT2D eigenvalue weighted by Crippen LogP contribution is -2.26. The van der Waals surface area contributed by atoms with Crippen molar-refractivity contribution in [2.24, 2.45) is 5.92 Å². The average molecular weight is 347 g/mol. The molecule has 24 heavy (non-hydrogen) atoms. The predicted molar refractivity (Wildman–Crippen MR) is 90.3 cm³/mol. The van der Waals surface area contributed by atoms with Gasteiger partial charge in [0.1, 0.15) is 11.5 Å². The summed E-state index contributed by atoms with van der Waals surface area (Å²) in [5, 5.41) is 0. The molecule has 1 fully saturated rings. The van der Waals surface area contributed by atoms with E-state index in [1.165, 1.54) is 42.5 Å². The maximum atomic E-state index is 12.6. The lowest BCUT2D eigenvalue weighted by Gasteiger charge is -2.16. The van der Waals surface area contributed by atoms with Crippen LogP contribution in [-0.2, 0) is 16.6 Å². The highest BCUT2D eigenvalue weighted by Crippen LogP contribution is 2.47. The molecule has 0 spiro atoms. The number of carbonyl (C=O) groups is 1. The molecule has 1 heterocycles. The third-order valence-corrected chi connectivity index (χ3v) is 6.32. The molecule has 1 aliphatic carbocycles. The molecular formula is C18H21NO4S. The van der Waals surface area contributed by atoms with Gasteiger partial charge in [-0.15, -0.1) is 0 Å². The van der Waals surface area contributed by atoms with Crippen LogP contribution in [0, 0.1) is 5.92 Å². The Labute approximate surface area is 142 Å². The van der Waals surface area contributed by atoms with E-state index in [2.05, 4.69) is 6.92 Å². The average Bonchev–Trinajstić information content (AvgIpc) is 3.09. The van der Waals surface area contributed by atoms with Crippen LogP contribution in [0.2, 0.25) is 0 Å². The van der Waals surface area contributed by atoms with Crippen LogP contribution in [0.15, 0.2) is 45.7 Å². The summed E-state index contributed by atoms with van der Waals surface area (Å²) in [6.07, 6.45) is 1.13. The van der Waals surface area contributed by atoms with Crippen molar-refractivity contribution in [2.75, 3.05) is 7.05 Å². The number of Topliss-reactive ketones (excluding diaryl/α,β-unsaturated/α-hetero) is 1. The Kier molecular flexibility index (Phi) is 4.36. The van der Waals surface area contributed by atoms with E-state index in [0.29, 0.717) is 23.2 Å². The van der Waals surface area contributed by atoms with Crippen LogP contribution in [0.4, 0.5) is 0 Å². The van der Waals surface area contributed by atoms with Gasteiger partial charge in [0.2, 0.25) is 10.0 Å². The molecule has 0 aliphatic heterocycles. The predicted octanol–water partition coefficient (Wildman–Crippen LogP) is 3.43. The Morgan fingerprint density at radius 1 is 1.21 bits per heavy atom. The lowest BCUT2D eigenvalue weighted by molar-refractivity contribution is 0.101. The summed E-state index contributed by atoms with van der Waals surface area (Å²) in [4.78, 5) is 11.5. The molecule has 0 radical (unpaired) electrons. The topological polar surface area (TPSA) is 67.6 Å². The van der Waals surface area contributed by atoms with Crippen molar-refractivity contribution in [2.45, 2.75) is 37.6 Å². The Bertz CT molecular complexity index is 851.